The molecule has 0 radical (unpaired) electrons. The third-order valence-corrected chi connectivity index (χ3v) is 16.4. The van der Waals surface area contributed by atoms with Gasteiger partial charge >= 0.3 is 29.6 Å². The first-order valence-corrected chi connectivity index (χ1v) is 33.5. The summed E-state index contributed by atoms with van der Waals surface area (Å²) in [6, 6.07) is 62.2. The molecule has 12 rings (SSSR count). The number of methoxy groups -OCH3 is 5. The number of hydrogen-bond donors (Lipinski definition) is 12. The Labute approximate surface area is 656 Å². The van der Waals surface area contributed by atoms with Gasteiger partial charge in [-0.15, -0.1) is 0 Å². The van der Waals surface area contributed by atoms with Crippen LogP contribution in [0.3, 0.4) is 0 Å². The quantitative estimate of drug-likeness (QED) is 0.0216. The largest absolute Gasteiger partial charge is 1.00 e. The van der Waals surface area contributed by atoms with Crippen molar-refractivity contribution in [3.63, 3.8) is 0 Å². The van der Waals surface area contributed by atoms with E-state index in [9.17, 15) is 87.7 Å². The minimum Gasteiger partial charge on any atom is -0.744 e. The van der Waals surface area contributed by atoms with Gasteiger partial charge in [-0.05, 0) is 103 Å². The number of carbonyl (C=O) groups is 6. The van der Waals surface area contributed by atoms with Crippen LogP contribution >= 0.6 is 0 Å². The average Bonchev–Trinajstić information content (AvgIpc) is 0.790. The van der Waals surface area contributed by atoms with Gasteiger partial charge in [0.15, 0.2) is 34.7 Å². The molecule has 0 aliphatic rings. The molecule has 26 nitrogen and oxygen atoms in total. The summed E-state index contributed by atoms with van der Waals surface area (Å²) in [5.74, 6) is -3.65. The van der Waals surface area contributed by atoms with Crippen LogP contribution in [0.4, 0.5) is 0 Å². The molecule has 564 valence electrons. The number of rotatable bonds is 18. The minimum absolute atomic E-state index is 0. The fourth-order valence-corrected chi connectivity index (χ4v) is 10.5. The molecule has 0 spiro atoms. The van der Waals surface area contributed by atoms with Gasteiger partial charge < -0.3 is 89.5 Å². The van der Waals surface area contributed by atoms with Gasteiger partial charge in [0.2, 0.25) is 0 Å². The van der Waals surface area contributed by atoms with E-state index in [4.69, 9.17) is 39.0 Å². The molecule has 0 heterocycles. The maximum Gasteiger partial charge on any atom is 1.00 e. The summed E-state index contributed by atoms with van der Waals surface area (Å²) in [6.45, 7) is 0. The van der Waals surface area contributed by atoms with Crippen molar-refractivity contribution in [2.45, 2.75) is 4.90 Å². The topological polar surface area (TPSA) is 449 Å². The Balaban J connectivity index is 0.000000208. The number of carbonyl (C=O) groups excluding carboxylic acids is 6. The first-order chi connectivity index (χ1) is 52.4. The van der Waals surface area contributed by atoms with Crippen LogP contribution in [-0.2, 0) is 10.1 Å². The Bertz CT molecular complexity index is 5320. The second-order valence-corrected chi connectivity index (χ2v) is 24.0. The van der Waals surface area contributed by atoms with Crippen LogP contribution in [0.5, 0.6) is 97.7 Å². The number of benzene rings is 12. The molecule has 0 bridgehead atoms. The Morgan fingerprint density at radius 2 is 0.486 bits per heavy atom. The molecule has 0 aliphatic carbocycles. The smallest absolute Gasteiger partial charge is 0.744 e. The summed E-state index contributed by atoms with van der Waals surface area (Å²) < 4.78 is 58.2. The molecular weight excluding hydrogens is 1470 g/mol. The van der Waals surface area contributed by atoms with Crippen LogP contribution in [0.2, 0.25) is 0 Å². The first kappa shape index (κ1) is 86.1. The number of ketones is 6. The Hall–Kier alpha value is -13.8. The zero-order valence-electron chi connectivity index (χ0n) is 59.7. The predicted molar refractivity (Wildman–Crippen MR) is 399 cm³/mol. The maximum absolute atomic E-state index is 12.3. The van der Waals surface area contributed by atoms with Gasteiger partial charge in [0.25, 0.3) is 0 Å². The van der Waals surface area contributed by atoms with Crippen molar-refractivity contribution in [1.82, 2.24) is 0 Å². The van der Waals surface area contributed by atoms with E-state index in [1.807, 2.05) is 12.1 Å². The van der Waals surface area contributed by atoms with Crippen molar-refractivity contribution in [2.24, 2.45) is 0 Å². The molecule has 0 saturated heterocycles. The molecule has 0 aromatic heterocycles. The van der Waals surface area contributed by atoms with E-state index in [1.165, 1.54) is 132 Å². The predicted octanol–water partition coefficient (Wildman–Crippen LogP) is 9.92. The fraction of sp³-hybridized carbons (Fsp3) is 0.0602. The van der Waals surface area contributed by atoms with Crippen molar-refractivity contribution in [3.8, 4) is 97.7 Å². The van der Waals surface area contributed by atoms with Crippen molar-refractivity contribution < 1.29 is 156 Å². The summed E-state index contributed by atoms with van der Waals surface area (Å²) in [6.07, 6.45) is 0. The van der Waals surface area contributed by atoms with Crippen LogP contribution < -0.4 is 53.2 Å². The molecule has 0 aliphatic heterocycles. The van der Waals surface area contributed by atoms with Crippen molar-refractivity contribution in [2.75, 3.05) is 35.5 Å². The van der Waals surface area contributed by atoms with Gasteiger partial charge in [0.1, 0.15) is 108 Å². The SMILES string of the molecule is COc1cc(O)c(C(=O)c2ccccc2)cc1S(=O)(=O)[O-].COc1ccc(C(=O)c2ccc(OC)cc2O)c(O)c1.COc1ccc(C(=O)c2ccccc2)c(O)c1.COc1ccc(C(=O)c2ccccc2O)c(O)c1.O=C(c1ccc(O)cc1O)c1ccc(O)cc1O.O=C(c1ccccc1)c1ccc(O)cc1O.[Na+]. The summed E-state index contributed by atoms with van der Waals surface area (Å²) in [5, 5.41) is 115. The van der Waals surface area contributed by atoms with Crippen LogP contribution in [0.15, 0.2) is 260 Å². The summed E-state index contributed by atoms with van der Waals surface area (Å²) in [5.41, 5.74) is 1.84. The monoisotopic (exact) mass is 1540 g/mol. The number of aromatic hydroxyl groups is 12. The van der Waals surface area contributed by atoms with Crippen LogP contribution in [0.1, 0.15) is 95.5 Å². The van der Waals surface area contributed by atoms with Crippen LogP contribution in [0.25, 0.3) is 0 Å². The second kappa shape index (κ2) is 40.2. The molecule has 12 N–H and O–H groups in total. The number of phenols is 12. The third-order valence-electron chi connectivity index (χ3n) is 15.5. The zero-order chi connectivity index (χ0) is 80.5. The molecule has 12 aromatic rings. The van der Waals surface area contributed by atoms with Crippen molar-refractivity contribution in [3.05, 3.63) is 322 Å². The standard InChI is InChI=1S/C15H14O5.C14H12O6S.C14H12O4.C14H12O3.C13H10O5.C13H10O3.Na/c1-19-9-3-5-11(13(16)7-9)15(18)12-6-4-10(20-2)8-14(12)17;1-20-12-8-11(15)10(7-13(12)21(17,18)19)14(16)9-5-3-2-4-6-9;1-18-9-6-7-11(13(16)8-9)14(17)10-4-2-3-5-12(10)15;1-17-11-7-8-12(13(15)9-11)14(16)10-5-3-2-4-6-10;14-7-1-3-9(11(16)5-7)13(18)10-4-2-8(15)6-12(10)17;14-10-6-7-11(12(15)8-10)13(16)9-4-2-1-3-5-9;/h3-8,16-17H,1-2H3;2-8,15H,1H3,(H,17,18,19);2-8,15-16H,1H3;2-9,15H,1H3;1-6,14-17H;1-8,14-15H;/q;;;;;;+1/p-1. The van der Waals surface area contributed by atoms with E-state index in [2.05, 4.69) is 0 Å². The van der Waals surface area contributed by atoms with Crippen LogP contribution in [-0.4, -0.2) is 144 Å². The van der Waals surface area contributed by atoms with E-state index in [0.717, 1.165) is 37.4 Å². The second-order valence-electron chi connectivity index (χ2n) is 22.7. The fourth-order valence-electron chi connectivity index (χ4n) is 9.88. The third kappa shape index (κ3) is 23.1. The van der Waals surface area contributed by atoms with Gasteiger partial charge in [-0.2, -0.15) is 0 Å². The normalized spacial score (nSPS) is 10.2. The van der Waals surface area contributed by atoms with Gasteiger partial charge in [0.05, 0.1) is 90.5 Å². The van der Waals surface area contributed by atoms with E-state index in [1.54, 1.807) is 109 Å². The molecule has 0 unspecified atom stereocenters. The first-order valence-electron chi connectivity index (χ1n) is 32.1. The van der Waals surface area contributed by atoms with E-state index in [-0.39, 0.29) is 166 Å². The van der Waals surface area contributed by atoms with Gasteiger partial charge in [-0.3, -0.25) is 28.8 Å². The summed E-state index contributed by atoms with van der Waals surface area (Å²) >= 11 is 0. The average molecular weight is 1540 g/mol. The molecule has 28 heteroatoms. The Kier molecular flexibility index (Phi) is 31.2. The minimum atomic E-state index is -4.84. The summed E-state index contributed by atoms with van der Waals surface area (Å²) in [4.78, 5) is 72.0. The zero-order valence-corrected chi connectivity index (χ0v) is 62.6. The van der Waals surface area contributed by atoms with E-state index in [0.29, 0.717) is 34.1 Å². The Morgan fingerprint density at radius 1 is 0.252 bits per heavy atom. The molecular formula is C83H69NaO26S. The molecule has 0 fully saturated rings. The number of phenolic OH excluding ortho intramolecular Hbond substituents is 12. The molecule has 111 heavy (non-hydrogen) atoms. The number of hydrogen-bond acceptors (Lipinski definition) is 26. The van der Waals surface area contributed by atoms with E-state index >= 15 is 0 Å². The summed E-state index contributed by atoms with van der Waals surface area (Å²) in [7, 11) is 2.22. The van der Waals surface area contributed by atoms with Crippen molar-refractivity contribution in [1.29, 1.82) is 0 Å². The maximum atomic E-state index is 12.3. The van der Waals surface area contributed by atoms with Gasteiger partial charge in [-0.1, -0.05) is 103 Å². The number of ether oxygens (including phenoxy) is 5. The molecule has 0 atom stereocenters. The van der Waals surface area contributed by atoms with Gasteiger partial charge in [-0.25, -0.2) is 8.42 Å². The Morgan fingerprint density at radius 3 is 0.739 bits per heavy atom. The van der Waals surface area contributed by atoms with Crippen LogP contribution in [0, 0.1) is 0 Å². The molecule has 0 amide bonds. The van der Waals surface area contributed by atoms with Gasteiger partial charge in [0, 0.05) is 65.2 Å². The molecule has 12 aromatic carbocycles. The number of para-hydroxylation sites is 1. The molecule has 0 saturated carbocycles. The van der Waals surface area contributed by atoms with Crippen molar-refractivity contribution >= 4 is 44.8 Å². The van der Waals surface area contributed by atoms with E-state index < -0.39 is 43.9 Å².